The number of carbonyl (C=O) groups is 1. The van der Waals surface area contributed by atoms with E-state index in [-0.39, 0.29) is 5.91 Å². The number of amides is 1. The van der Waals surface area contributed by atoms with E-state index in [0.29, 0.717) is 22.2 Å². The fourth-order valence-electron chi connectivity index (χ4n) is 2.24. The van der Waals surface area contributed by atoms with E-state index >= 15 is 0 Å². The molecule has 1 aromatic heterocycles. The molecule has 0 unspecified atom stereocenters. The molecule has 1 heterocycles. The summed E-state index contributed by atoms with van der Waals surface area (Å²) in [4.78, 5) is 20.5. The van der Waals surface area contributed by atoms with Gasteiger partial charge in [0.15, 0.2) is 0 Å². The zero-order valence-electron chi connectivity index (χ0n) is 13.4. The Kier molecular flexibility index (Phi) is 5.59. The molecular formula is C19H17ClN4O. The Balaban J connectivity index is 1.52. The van der Waals surface area contributed by atoms with E-state index in [9.17, 15) is 4.79 Å². The third kappa shape index (κ3) is 5.02. The molecule has 0 aliphatic carbocycles. The van der Waals surface area contributed by atoms with Gasteiger partial charge in [0.1, 0.15) is 0 Å². The maximum absolute atomic E-state index is 12.2. The van der Waals surface area contributed by atoms with Gasteiger partial charge in [0.05, 0.1) is 5.56 Å². The molecule has 0 fully saturated rings. The molecule has 0 bridgehead atoms. The number of nitrogens with one attached hydrogen (secondary N) is 2. The number of aromatic nitrogens is 2. The average Bonchev–Trinajstić information content (AvgIpc) is 2.65. The minimum atomic E-state index is -0.266. The number of benzene rings is 2. The van der Waals surface area contributed by atoms with E-state index in [1.807, 2.05) is 18.2 Å². The second-order valence-corrected chi connectivity index (χ2v) is 5.86. The molecule has 0 saturated carbocycles. The summed E-state index contributed by atoms with van der Waals surface area (Å²) in [6, 6.07) is 17.1. The van der Waals surface area contributed by atoms with Gasteiger partial charge in [0.25, 0.3) is 5.91 Å². The lowest BCUT2D eigenvalue weighted by Gasteiger charge is -2.07. The van der Waals surface area contributed by atoms with Crippen molar-refractivity contribution in [3.8, 4) is 0 Å². The standard InChI is InChI=1S/C19H17ClN4O/c20-16-6-8-17(9-7-16)24-18(25)15-12-22-19(23-13-15)21-11-10-14-4-2-1-3-5-14/h1-9,12-13H,10-11H2,(H,24,25)(H,21,22,23). The van der Waals surface area contributed by atoms with Crippen molar-refractivity contribution in [3.63, 3.8) is 0 Å². The Morgan fingerprint density at radius 3 is 2.32 bits per heavy atom. The first-order valence-electron chi connectivity index (χ1n) is 7.87. The van der Waals surface area contributed by atoms with E-state index in [2.05, 4.69) is 32.7 Å². The summed E-state index contributed by atoms with van der Waals surface area (Å²) in [7, 11) is 0. The molecule has 3 rings (SSSR count). The van der Waals surface area contributed by atoms with Crippen LogP contribution in [0.3, 0.4) is 0 Å². The van der Waals surface area contributed by atoms with Crippen molar-refractivity contribution < 1.29 is 4.79 Å². The minimum Gasteiger partial charge on any atom is -0.354 e. The molecule has 25 heavy (non-hydrogen) atoms. The van der Waals surface area contributed by atoms with Gasteiger partial charge in [-0.05, 0) is 36.2 Å². The smallest absolute Gasteiger partial charge is 0.258 e. The maximum atomic E-state index is 12.2. The van der Waals surface area contributed by atoms with Crippen LogP contribution in [0.5, 0.6) is 0 Å². The van der Waals surface area contributed by atoms with Gasteiger partial charge in [-0.1, -0.05) is 41.9 Å². The third-order valence-corrected chi connectivity index (χ3v) is 3.81. The van der Waals surface area contributed by atoms with Gasteiger partial charge in [0, 0.05) is 29.6 Å². The van der Waals surface area contributed by atoms with Crippen LogP contribution < -0.4 is 10.6 Å². The topological polar surface area (TPSA) is 66.9 Å². The molecule has 5 nitrogen and oxygen atoms in total. The van der Waals surface area contributed by atoms with Crippen molar-refractivity contribution in [2.45, 2.75) is 6.42 Å². The number of carbonyl (C=O) groups excluding carboxylic acids is 1. The normalized spacial score (nSPS) is 10.3. The number of halogens is 1. The highest BCUT2D eigenvalue weighted by molar-refractivity contribution is 6.30. The first-order chi connectivity index (χ1) is 12.2. The van der Waals surface area contributed by atoms with Crippen molar-refractivity contribution >= 4 is 29.1 Å². The number of hydrogen-bond donors (Lipinski definition) is 2. The Morgan fingerprint density at radius 1 is 0.960 bits per heavy atom. The lowest BCUT2D eigenvalue weighted by molar-refractivity contribution is 0.102. The van der Waals surface area contributed by atoms with Gasteiger partial charge < -0.3 is 10.6 Å². The summed E-state index contributed by atoms with van der Waals surface area (Å²) < 4.78 is 0. The molecular weight excluding hydrogens is 336 g/mol. The average molecular weight is 353 g/mol. The summed E-state index contributed by atoms with van der Waals surface area (Å²) in [6.45, 7) is 0.723. The zero-order chi connectivity index (χ0) is 17.5. The Bertz CT molecular complexity index is 820. The fraction of sp³-hybridized carbons (Fsp3) is 0.105. The van der Waals surface area contributed by atoms with E-state index in [0.717, 1.165) is 13.0 Å². The van der Waals surface area contributed by atoms with Crippen LogP contribution in [-0.4, -0.2) is 22.4 Å². The zero-order valence-corrected chi connectivity index (χ0v) is 14.2. The summed E-state index contributed by atoms with van der Waals surface area (Å²) in [5.41, 5.74) is 2.30. The van der Waals surface area contributed by atoms with Crippen LogP contribution >= 0.6 is 11.6 Å². The predicted octanol–water partition coefficient (Wildman–Crippen LogP) is 4.04. The minimum absolute atomic E-state index is 0.266. The number of nitrogens with zero attached hydrogens (tertiary/aromatic N) is 2. The van der Waals surface area contributed by atoms with Crippen molar-refractivity contribution in [2.24, 2.45) is 0 Å². The lowest BCUT2D eigenvalue weighted by Crippen LogP contribution is -2.14. The fourth-order valence-corrected chi connectivity index (χ4v) is 2.36. The summed E-state index contributed by atoms with van der Waals surface area (Å²) >= 11 is 5.82. The second-order valence-electron chi connectivity index (χ2n) is 5.42. The van der Waals surface area contributed by atoms with Gasteiger partial charge in [-0.3, -0.25) is 4.79 Å². The molecule has 3 aromatic rings. The lowest BCUT2D eigenvalue weighted by atomic mass is 10.1. The Morgan fingerprint density at radius 2 is 1.64 bits per heavy atom. The molecule has 0 saturated heterocycles. The molecule has 2 aromatic carbocycles. The van der Waals surface area contributed by atoms with E-state index in [4.69, 9.17) is 11.6 Å². The highest BCUT2D eigenvalue weighted by atomic mass is 35.5. The van der Waals surface area contributed by atoms with Crippen molar-refractivity contribution in [2.75, 3.05) is 17.2 Å². The highest BCUT2D eigenvalue weighted by Crippen LogP contribution is 2.14. The molecule has 0 atom stereocenters. The van der Waals surface area contributed by atoms with Crippen LogP contribution in [-0.2, 0) is 6.42 Å². The summed E-state index contributed by atoms with van der Waals surface area (Å²) in [5.74, 6) is 0.233. The quantitative estimate of drug-likeness (QED) is 0.702. The molecule has 1 amide bonds. The molecule has 0 aliphatic heterocycles. The van der Waals surface area contributed by atoms with Crippen LogP contribution in [0, 0.1) is 0 Å². The monoisotopic (exact) mass is 352 g/mol. The number of hydrogen-bond acceptors (Lipinski definition) is 4. The van der Waals surface area contributed by atoms with Gasteiger partial charge in [-0.2, -0.15) is 0 Å². The summed E-state index contributed by atoms with van der Waals surface area (Å²) in [5, 5.41) is 6.54. The Labute approximate surface area is 151 Å². The van der Waals surface area contributed by atoms with Crippen LogP contribution in [0.2, 0.25) is 5.02 Å². The number of rotatable bonds is 6. The van der Waals surface area contributed by atoms with Crippen LogP contribution in [0.4, 0.5) is 11.6 Å². The molecule has 0 aliphatic rings. The first kappa shape index (κ1) is 16.9. The first-order valence-corrected chi connectivity index (χ1v) is 8.25. The van der Waals surface area contributed by atoms with E-state index < -0.39 is 0 Å². The Hall–Kier alpha value is -2.92. The molecule has 6 heteroatoms. The molecule has 0 spiro atoms. The van der Waals surface area contributed by atoms with Crippen molar-refractivity contribution in [1.82, 2.24) is 9.97 Å². The molecule has 2 N–H and O–H groups in total. The van der Waals surface area contributed by atoms with E-state index in [1.165, 1.54) is 18.0 Å². The van der Waals surface area contributed by atoms with Crippen molar-refractivity contribution in [1.29, 1.82) is 0 Å². The molecule has 126 valence electrons. The highest BCUT2D eigenvalue weighted by Gasteiger charge is 2.07. The predicted molar refractivity (Wildman–Crippen MR) is 100 cm³/mol. The van der Waals surface area contributed by atoms with Gasteiger partial charge in [-0.15, -0.1) is 0 Å². The van der Waals surface area contributed by atoms with Crippen LogP contribution in [0.15, 0.2) is 67.0 Å². The van der Waals surface area contributed by atoms with Gasteiger partial charge >= 0.3 is 0 Å². The maximum Gasteiger partial charge on any atom is 0.258 e. The number of anilines is 2. The van der Waals surface area contributed by atoms with Crippen molar-refractivity contribution in [3.05, 3.63) is 83.1 Å². The summed E-state index contributed by atoms with van der Waals surface area (Å²) in [6.07, 6.45) is 3.88. The third-order valence-electron chi connectivity index (χ3n) is 3.56. The second kappa shape index (κ2) is 8.26. The molecule has 0 radical (unpaired) electrons. The van der Waals surface area contributed by atoms with Crippen LogP contribution in [0.25, 0.3) is 0 Å². The largest absolute Gasteiger partial charge is 0.354 e. The SMILES string of the molecule is O=C(Nc1ccc(Cl)cc1)c1cnc(NCCc2ccccc2)nc1. The van der Waals surface area contributed by atoms with Crippen LogP contribution in [0.1, 0.15) is 15.9 Å². The van der Waals surface area contributed by atoms with Gasteiger partial charge in [-0.25, -0.2) is 9.97 Å². The van der Waals surface area contributed by atoms with Gasteiger partial charge in [0.2, 0.25) is 5.95 Å². The van der Waals surface area contributed by atoms with E-state index in [1.54, 1.807) is 24.3 Å².